The molecule has 1 aromatic carbocycles. The molecule has 1 rings (SSSR count). The van der Waals surface area contributed by atoms with Crippen molar-refractivity contribution >= 4 is 23.9 Å². The number of carbonyl (C=O) groups is 4. The molecule has 0 aliphatic carbocycles. The minimum absolute atomic E-state index is 0.0299. The van der Waals surface area contributed by atoms with E-state index in [0.717, 1.165) is 5.56 Å². The molecule has 0 radical (unpaired) electrons. The van der Waals surface area contributed by atoms with E-state index in [4.69, 9.17) is 9.47 Å². The fraction of sp³-hybridized carbons (Fsp3) is 0.647. The summed E-state index contributed by atoms with van der Waals surface area (Å²) in [7, 11) is 3.21. The Bertz CT molecular complexity index is 1140. The van der Waals surface area contributed by atoms with Crippen molar-refractivity contribution in [3.8, 4) is 0 Å². The van der Waals surface area contributed by atoms with Crippen molar-refractivity contribution in [3.63, 3.8) is 0 Å². The Morgan fingerprint density at radius 3 is 1.88 bits per heavy atom. The highest BCUT2D eigenvalue weighted by atomic mass is 16.6. The van der Waals surface area contributed by atoms with Crippen LogP contribution in [0.25, 0.3) is 0 Å². The molecular weight excluding hydrogens is 546 g/mol. The van der Waals surface area contributed by atoms with Gasteiger partial charge in [0.25, 0.3) is 0 Å². The minimum Gasteiger partial charge on any atom is -0.463 e. The highest BCUT2D eigenvalue weighted by Gasteiger charge is 2.45. The quantitative estimate of drug-likeness (QED) is 0.257. The number of nitrogens with one attached hydrogen (secondary N) is 1. The van der Waals surface area contributed by atoms with Crippen LogP contribution in [0, 0.1) is 11.3 Å². The Morgan fingerprint density at radius 2 is 1.44 bits per heavy atom. The lowest BCUT2D eigenvalue weighted by Gasteiger charge is -2.42. The first-order valence-electron chi connectivity index (χ1n) is 15.0. The molecule has 0 aliphatic heterocycles. The van der Waals surface area contributed by atoms with E-state index in [2.05, 4.69) is 5.32 Å². The van der Waals surface area contributed by atoms with Gasteiger partial charge >= 0.3 is 12.1 Å². The lowest BCUT2D eigenvalue weighted by Crippen LogP contribution is -2.63. The molecule has 9 heteroatoms. The second-order valence-electron chi connectivity index (χ2n) is 14.1. The third-order valence-electron chi connectivity index (χ3n) is 7.41. The molecule has 3 amide bonds. The minimum atomic E-state index is -1.01. The van der Waals surface area contributed by atoms with E-state index in [1.807, 2.05) is 78.8 Å². The molecule has 242 valence electrons. The fourth-order valence-corrected chi connectivity index (χ4v) is 4.99. The number of hydrogen-bond donors (Lipinski definition) is 1. The van der Waals surface area contributed by atoms with Crippen LogP contribution in [0.3, 0.4) is 0 Å². The largest absolute Gasteiger partial charge is 0.463 e. The van der Waals surface area contributed by atoms with Gasteiger partial charge in [-0.2, -0.15) is 0 Å². The van der Waals surface area contributed by atoms with E-state index in [-0.39, 0.29) is 18.4 Å². The number of likely N-dealkylation sites (N-methyl/N-ethyl adjacent to an activating group) is 2. The fourth-order valence-electron chi connectivity index (χ4n) is 4.99. The molecule has 1 unspecified atom stereocenters. The van der Waals surface area contributed by atoms with Gasteiger partial charge in [0.2, 0.25) is 11.8 Å². The van der Waals surface area contributed by atoms with E-state index >= 15 is 0 Å². The van der Waals surface area contributed by atoms with Gasteiger partial charge in [0.15, 0.2) is 0 Å². The maximum absolute atomic E-state index is 14.3. The Hall–Kier alpha value is -3.36. The molecule has 3 atom stereocenters. The standard InChI is InChI=1S/C34H55N3O6/c1-15-42-30(40)23(4)21-25(22(2)3)36(13)29(39)26(32(5,6)7)35-28(38)27(37(14)31(41)43-33(8,9)10)34(11,12)24-19-17-16-18-20-24/h16-22,25-27H,15H2,1-14H3,(H,35,38)/b23-21+/t25?,26-,27-/m1/s1. The first kappa shape index (κ1) is 37.7. The van der Waals surface area contributed by atoms with Crippen LogP contribution in [-0.2, 0) is 29.3 Å². The summed E-state index contributed by atoms with van der Waals surface area (Å²) in [5, 5.41) is 3.01. The van der Waals surface area contributed by atoms with Crippen molar-refractivity contribution in [2.45, 2.75) is 112 Å². The van der Waals surface area contributed by atoms with Gasteiger partial charge < -0.3 is 19.7 Å². The smallest absolute Gasteiger partial charge is 0.410 e. The average Bonchev–Trinajstić information content (AvgIpc) is 2.88. The van der Waals surface area contributed by atoms with Gasteiger partial charge in [0.05, 0.1) is 12.6 Å². The van der Waals surface area contributed by atoms with Crippen molar-refractivity contribution < 1.29 is 28.7 Å². The van der Waals surface area contributed by atoms with Crippen LogP contribution in [0.5, 0.6) is 0 Å². The lowest BCUT2D eigenvalue weighted by atomic mass is 9.76. The summed E-state index contributed by atoms with van der Waals surface area (Å²) in [6.45, 7) is 22.3. The van der Waals surface area contributed by atoms with Gasteiger partial charge in [0.1, 0.15) is 17.7 Å². The molecule has 0 spiro atoms. The molecule has 1 N–H and O–H groups in total. The number of ether oxygens (including phenoxy) is 2. The van der Waals surface area contributed by atoms with Crippen LogP contribution >= 0.6 is 0 Å². The Balaban J connectivity index is 3.58. The van der Waals surface area contributed by atoms with Gasteiger partial charge in [-0.15, -0.1) is 0 Å². The normalized spacial score (nSPS) is 14.8. The molecule has 0 saturated heterocycles. The van der Waals surface area contributed by atoms with Crippen LogP contribution in [0.4, 0.5) is 4.79 Å². The van der Waals surface area contributed by atoms with Crippen molar-refractivity contribution in [3.05, 3.63) is 47.5 Å². The van der Waals surface area contributed by atoms with Crippen LogP contribution in [0.1, 0.15) is 88.6 Å². The third-order valence-corrected chi connectivity index (χ3v) is 7.41. The number of nitrogens with zero attached hydrogens (tertiary/aromatic N) is 2. The van der Waals surface area contributed by atoms with Gasteiger partial charge in [-0.3, -0.25) is 14.5 Å². The zero-order chi connectivity index (χ0) is 33.5. The molecule has 0 aromatic heterocycles. The van der Waals surface area contributed by atoms with E-state index in [9.17, 15) is 19.2 Å². The van der Waals surface area contributed by atoms with E-state index < -0.39 is 52.5 Å². The summed E-state index contributed by atoms with van der Waals surface area (Å²) in [5.41, 5.74) is -1.06. The number of amides is 3. The molecule has 9 nitrogen and oxygen atoms in total. The molecule has 0 heterocycles. The number of rotatable bonds is 11. The summed E-state index contributed by atoms with van der Waals surface area (Å²) >= 11 is 0. The predicted molar refractivity (Wildman–Crippen MR) is 170 cm³/mol. The maximum Gasteiger partial charge on any atom is 0.410 e. The lowest BCUT2D eigenvalue weighted by molar-refractivity contribution is -0.142. The second-order valence-corrected chi connectivity index (χ2v) is 14.1. The van der Waals surface area contributed by atoms with E-state index in [0.29, 0.717) is 5.57 Å². The predicted octanol–water partition coefficient (Wildman–Crippen LogP) is 5.72. The summed E-state index contributed by atoms with van der Waals surface area (Å²) < 4.78 is 10.8. The molecular formula is C34H55N3O6. The number of esters is 1. The van der Waals surface area contributed by atoms with Crippen LogP contribution in [-0.4, -0.2) is 78.1 Å². The summed E-state index contributed by atoms with van der Waals surface area (Å²) in [4.78, 5) is 56.9. The highest BCUT2D eigenvalue weighted by Crippen LogP contribution is 2.32. The average molecular weight is 602 g/mol. The van der Waals surface area contributed by atoms with Crippen molar-refractivity contribution in [1.29, 1.82) is 0 Å². The maximum atomic E-state index is 14.3. The summed E-state index contributed by atoms with van der Waals surface area (Å²) in [6, 6.07) is 7.09. The third kappa shape index (κ3) is 10.4. The van der Waals surface area contributed by atoms with E-state index in [1.165, 1.54) is 4.90 Å². The second kappa shape index (κ2) is 14.9. The molecule has 0 aliphatic rings. The highest BCUT2D eigenvalue weighted by molar-refractivity contribution is 5.93. The monoisotopic (exact) mass is 601 g/mol. The SMILES string of the molecule is CCOC(=O)/C(C)=C/C(C(C)C)N(C)C(=O)[C@@H](NC(=O)[C@@H](N(C)C(=O)OC(C)(C)C)C(C)(C)c1ccccc1)C(C)(C)C. The molecule has 43 heavy (non-hydrogen) atoms. The van der Waals surface area contributed by atoms with E-state index in [1.54, 1.807) is 59.7 Å². The van der Waals surface area contributed by atoms with Gasteiger partial charge in [0, 0.05) is 25.1 Å². The van der Waals surface area contributed by atoms with Crippen LogP contribution in [0.2, 0.25) is 0 Å². The zero-order valence-corrected chi connectivity index (χ0v) is 28.8. The van der Waals surface area contributed by atoms with Crippen LogP contribution in [0.15, 0.2) is 42.0 Å². The molecule has 0 bridgehead atoms. The summed E-state index contributed by atoms with van der Waals surface area (Å²) in [5.74, 6) is -1.27. The molecule has 1 aromatic rings. The number of benzene rings is 1. The first-order valence-corrected chi connectivity index (χ1v) is 15.0. The van der Waals surface area contributed by atoms with Gasteiger partial charge in [-0.05, 0) is 51.5 Å². The Kier molecular flexibility index (Phi) is 13.0. The van der Waals surface area contributed by atoms with Crippen LogP contribution < -0.4 is 5.32 Å². The number of hydrogen-bond acceptors (Lipinski definition) is 6. The first-order chi connectivity index (χ1) is 19.6. The molecule has 0 saturated carbocycles. The number of carbonyl (C=O) groups excluding carboxylic acids is 4. The molecule has 0 fully saturated rings. The van der Waals surface area contributed by atoms with Crippen molar-refractivity contribution in [2.24, 2.45) is 11.3 Å². The Morgan fingerprint density at radius 1 is 0.907 bits per heavy atom. The van der Waals surface area contributed by atoms with Gasteiger partial charge in [-0.25, -0.2) is 9.59 Å². The zero-order valence-electron chi connectivity index (χ0n) is 28.8. The van der Waals surface area contributed by atoms with Gasteiger partial charge in [-0.1, -0.05) is 84.9 Å². The van der Waals surface area contributed by atoms with Crippen molar-refractivity contribution in [2.75, 3.05) is 20.7 Å². The Labute approximate surface area is 259 Å². The van der Waals surface area contributed by atoms with Crippen molar-refractivity contribution in [1.82, 2.24) is 15.1 Å². The topological polar surface area (TPSA) is 105 Å². The summed E-state index contributed by atoms with van der Waals surface area (Å²) in [6.07, 6.45) is 1.09.